The lowest BCUT2D eigenvalue weighted by Gasteiger charge is -1.93. The molecule has 0 saturated carbocycles. The van der Waals surface area contributed by atoms with E-state index in [1.807, 2.05) is 0 Å². The molecule has 0 unspecified atom stereocenters. The van der Waals surface area contributed by atoms with Gasteiger partial charge in [0.15, 0.2) is 0 Å². The highest BCUT2D eigenvalue weighted by atomic mass is 16.1. The van der Waals surface area contributed by atoms with Crippen molar-refractivity contribution in [3.8, 4) is 0 Å². The Hall–Kier alpha value is -0.790. The van der Waals surface area contributed by atoms with Crippen molar-refractivity contribution in [2.75, 3.05) is 0 Å². The number of rotatable bonds is 0. The largest absolute Gasteiger partial charge is 0.496 e. The molecule has 0 aliphatic carbocycles. The molecule has 1 rings (SSSR count). The molecule has 0 bridgehead atoms. The molecule has 1 heterocycles. The van der Waals surface area contributed by atoms with Gasteiger partial charge in [0.1, 0.15) is 0 Å². The van der Waals surface area contributed by atoms with Crippen LogP contribution in [0.2, 0.25) is 0 Å². The average Bonchev–Trinajstić information content (AvgIpc) is 1.86. The van der Waals surface area contributed by atoms with Crippen LogP contribution in [0.25, 0.3) is 0 Å². The lowest BCUT2D eigenvalue weighted by Crippen LogP contribution is -2.08. The van der Waals surface area contributed by atoms with Crippen molar-refractivity contribution in [1.82, 2.24) is 5.32 Å². The third kappa shape index (κ3) is 0.407. The van der Waals surface area contributed by atoms with E-state index in [-0.39, 0.29) is 5.91 Å². The predicted molar refractivity (Wildman–Crippen MR) is 20.6 cm³/mol. The molecule has 6 heavy (non-hydrogen) atoms. The van der Waals surface area contributed by atoms with Crippen LogP contribution in [0.4, 0.5) is 0 Å². The highest BCUT2D eigenvalue weighted by Gasteiger charge is 1.84. The minimum absolute atomic E-state index is 0.0370. The Labute approximate surface area is 35.9 Å². The van der Waals surface area contributed by atoms with E-state index in [0.717, 1.165) is 0 Å². The van der Waals surface area contributed by atoms with Gasteiger partial charge in [-0.15, -0.1) is 0 Å². The van der Waals surface area contributed by atoms with E-state index in [9.17, 15) is 4.79 Å². The molecule has 0 spiro atoms. The fourth-order valence-electron chi connectivity index (χ4n) is 0.326. The van der Waals surface area contributed by atoms with Crippen LogP contribution in [0.1, 0.15) is 6.42 Å². The van der Waals surface area contributed by atoms with Gasteiger partial charge >= 0.3 is 0 Å². The van der Waals surface area contributed by atoms with Gasteiger partial charge in [-0.2, -0.15) is 12.3 Å². The van der Waals surface area contributed by atoms with Gasteiger partial charge in [0.05, 0.1) is 5.91 Å². The van der Waals surface area contributed by atoms with Crippen LogP contribution in [-0.4, -0.2) is 5.91 Å². The van der Waals surface area contributed by atoms with Crippen molar-refractivity contribution >= 4 is 5.91 Å². The summed E-state index contributed by atoms with van der Waals surface area (Å²) in [5, 5.41) is 2.38. The van der Waals surface area contributed by atoms with E-state index in [1.165, 1.54) is 0 Å². The zero-order chi connectivity index (χ0) is 4.41. The zero-order valence-electron chi connectivity index (χ0n) is 3.19. The van der Waals surface area contributed by atoms with E-state index in [1.54, 1.807) is 6.08 Å². The maximum absolute atomic E-state index is 10.0. The fraction of sp³-hybridized carbons (Fsp3) is 0.250. The molecule has 32 valence electrons. The Morgan fingerprint density at radius 1 is 2.00 bits per heavy atom. The molecule has 0 fully saturated rings. The molecule has 1 N–H and O–H groups in total. The van der Waals surface area contributed by atoms with Crippen LogP contribution in [0, 0.1) is 6.20 Å². The smallest absolute Gasteiger partial charge is 0.0703 e. The van der Waals surface area contributed by atoms with Crippen LogP contribution < -0.4 is 5.32 Å². The van der Waals surface area contributed by atoms with Gasteiger partial charge in [0.2, 0.25) is 0 Å². The summed E-state index contributed by atoms with van der Waals surface area (Å²) in [6, 6.07) is 0. The summed E-state index contributed by atoms with van der Waals surface area (Å²) in [5.74, 6) is 0.0370. The molecule has 2 nitrogen and oxygen atoms in total. The Bertz CT molecular complexity index is 85.7. The fourth-order valence-corrected chi connectivity index (χ4v) is 0.326. The Balaban J connectivity index is 2.52. The number of carbonyl (C=O) groups is 1. The average molecular weight is 82.1 g/mol. The first-order valence-corrected chi connectivity index (χ1v) is 1.75. The van der Waals surface area contributed by atoms with Gasteiger partial charge in [-0.1, -0.05) is 0 Å². The van der Waals surface area contributed by atoms with Crippen molar-refractivity contribution in [3.05, 3.63) is 12.3 Å². The number of nitrogens with one attached hydrogen (secondary N) is 1. The van der Waals surface area contributed by atoms with Crippen LogP contribution in [0.15, 0.2) is 6.08 Å². The van der Waals surface area contributed by atoms with Crippen molar-refractivity contribution in [3.63, 3.8) is 0 Å². The molecule has 0 radical (unpaired) electrons. The highest BCUT2D eigenvalue weighted by Crippen LogP contribution is 1.86. The second-order valence-corrected chi connectivity index (χ2v) is 1.10. The quantitative estimate of drug-likeness (QED) is 0.404. The summed E-state index contributed by atoms with van der Waals surface area (Å²) < 4.78 is 0. The van der Waals surface area contributed by atoms with Crippen LogP contribution in [0.5, 0.6) is 0 Å². The Kier molecular flexibility index (Phi) is 0.638. The zero-order valence-corrected chi connectivity index (χ0v) is 3.19. The van der Waals surface area contributed by atoms with Crippen LogP contribution in [0.3, 0.4) is 0 Å². The molecule has 0 atom stereocenters. The number of hydrogen-bond acceptors (Lipinski definition) is 1. The number of amides is 1. The molecule has 1 aliphatic heterocycles. The van der Waals surface area contributed by atoms with E-state index < -0.39 is 0 Å². The topological polar surface area (TPSA) is 29.1 Å². The minimum atomic E-state index is 0.0370. The van der Waals surface area contributed by atoms with Crippen molar-refractivity contribution < 1.29 is 4.79 Å². The Morgan fingerprint density at radius 3 is 3.00 bits per heavy atom. The second-order valence-electron chi connectivity index (χ2n) is 1.10. The van der Waals surface area contributed by atoms with Crippen LogP contribution >= 0.6 is 0 Å². The number of hydrogen-bond donors (Lipinski definition) is 1. The lowest BCUT2D eigenvalue weighted by molar-refractivity contribution is -0.118. The summed E-state index contributed by atoms with van der Waals surface area (Å²) in [5.41, 5.74) is 0. The van der Waals surface area contributed by atoms with E-state index in [2.05, 4.69) is 11.5 Å². The van der Waals surface area contributed by atoms with Crippen molar-refractivity contribution in [2.24, 2.45) is 0 Å². The molecule has 1 amide bonds. The van der Waals surface area contributed by atoms with E-state index >= 15 is 0 Å². The first kappa shape index (κ1) is 3.40. The van der Waals surface area contributed by atoms with Crippen molar-refractivity contribution in [1.29, 1.82) is 0 Å². The van der Waals surface area contributed by atoms with Gasteiger partial charge in [0, 0.05) is 0 Å². The predicted octanol–water partition coefficient (Wildman–Crippen LogP) is -0.177. The monoisotopic (exact) mass is 82.0 g/mol. The molecule has 1 aliphatic rings. The van der Waals surface area contributed by atoms with Gasteiger partial charge in [-0.3, -0.25) is 0 Å². The van der Waals surface area contributed by atoms with Gasteiger partial charge in [-0.25, -0.2) is 0 Å². The molecule has 0 aromatic heterocycles. The summed E-state index contributed by atoms with van der Waals surface area (Å²) in [6.07, 6.45) is 4.72. The normalized spacial score (nSPS) is 18.3. The van der Waals surface area contributed by atoms with Crippen molar-refractivity contribution in [2.45, 2.75) is 6.42 Å². The first-order valence-electron chi connectivity index (χ1n) is 1.75. The van der Waals surface area contributed by atoms with Gasteiger partial charge < -0.3 is 10.1 Å². The van der Waals surface area contributed by atoms with Crippen LogP contribution in [-0.2, 0) is 4.79 Å². The Morgan fingerprint density at radius 2 is 2.83 bits per heavy atom. The summed E-state index contributed by atoms with van der Waals surface area (Å²) in [7, 11) is 0. The molecule has 2 heteroatoms. The SMILES string of the molecule is O=C1CC=[C-]N1. The highest BCUT2D eigenvalue weighted by molar-refractivity contribution is 5.79. The van der Waals surface area contributed by atoms with Gasteiger partial charge in [-0.05, 0) is 6.42 Å². The maximum Gasteiger partial charge on any atom is 0.0703 e. The molecular formula is C4H4NO-. The first-order chi connectivity index (χ1) is 2.89. The van der Waals surface area contributed by atoms with E-state index in [4.69, 9.17) is 0 Å². The standard InChI is InChI=1S/C4H4NO/c6-4-2-1-3-5-4/h1H,2H2,(H,5,6)/q-1. The molecule has 0 saturated heterocycles. The molecule has 0 aromatic rings. The third-order valence-corrected chi connectivity index (χ3v) is 0.601. The minimum Gasteiger partial charge on any atom is -0.496 e. The summed E-state index contributed by atoms with van der Waals surface area (Å²) in [6.45, 7) is 0. The number of carbonyl (C=O) groups excluding carboxylic acids is 1. The molecule has 0 aromatic carbocycles. The maximum atomic E-state index is 10.0. The van der Waals surface area contributed by atoms with E-state index in [0.29, 0.717) is 6.42 Å². The summed E-state index contributed by atoms with van der Waals surface area (Å²) >= 11 is 0. The van der Waals surface area contributed by atoms with Gasteiger partial charge in [0.25, 0.3) is 0 Å². The summed E-state index contributed by atoms with van der Waals surface area (Å²) in [4.78, 5) is 10.0. The lowest BCUT2D eigenvalue weighted by atomic mass is 10.5. The molecular weight excluding hydrogens is 78.0 g/mol. The second kappa shape index (κ2) is 1.12. The third-order valence-electron chi connectivity index (χ3n) is 0.601.